The van der Waals surface area contributed by atoms with Gasteiger partial charge in [-0.05, 0) is 78.2 Å². The molecule has 5 aromatic rings. The average Bonchev–Trinajstić information content (AvgIpc) is 3.05. The maximum Gasteiger partial charge on any atom is 0.272 e. The number of hydrogen-bond acceptors (Lipinski definition) is 4. The molecule has 45 heavy (non-hydrogen) atoms. The number of benzene rings is 5. The van der Waals surface area contributed by atoms with E-state index in [1.54, 1.807) is 66.7 Å². The van der Waals surface area contributed by atoms with Gasteiger partial charge in [-0.25, -0.2) is 0 Å². The first-order valence-electron chi connectivity index (χ1n) is 14.2. The molecule has 0 aromatic heterocycles. The molecule has 0 aliphatic rings. The van der Waals surface area contributed by atoms with Crippen LogP contribution in [0.2, 0.25) is 5.02 Å². The molecule has 1 unspecified atom stereocenters. The summed E-state index contributed by atoms with van der Waals surface area (Å²) in [4.78, 5) is 40.9. The Labute approximate surface area is 271 Å². The van der Waals surface area contributed by atoms with E-state index in [-0.39, 0.29) is 11.6 Å². The number of amides is 3. The molecule has 0 fully saturated rings. The number of aryl methyl sites for hydroxylation is 1. The van der Waals surface area contributed by atoms with E-state index < -0.39 is 17.1 Å². The van der Waals surface area contributed by atoms with Crippen LogP contribution in [0.3, 0.4) is 0 Å². The van der Waals surface area contributed by atoms with Crippen molar-refractivity contribution >= 4 is 58.5 Å². The van der Waals surface area contributed by atoms with Gasteiger partial charge < -0.3 is 16.0 Å². The molecular weight excluding hydrogens is 602 g/mol. The maximum absolute atomic E-state index is 13.6. The second-order valence-electron chi connectivity index (χ2n) is 10.1. The molecule has 1 atom stereocenters. The lowest BCUT2D eigenvalue weighted by molar-refractivity contribution is -0.116. The summed E-state index contributed by atoms with van der Waals surface area (Å²) in [5.74, 6) is -1.10. The lowest BCUT2D eigenvalue weighted by atomic mass is 10.1. The molecule has 6 nitrogen and oxygen atoms in total. The van der Waals surface area contributed by atoms with Gasteiger partial charge in [-0.1, -0.05) is 96.5 Å². The summed E-state index contributed by atoms with van der Waals surface area (Å²) in [7, 11) is 0. The largest absolute Gasteiger partial charge is 0.325 e. The van der Waals surface area contributed by atoms with E-state index in [9.17, 15) is 14.4 Å². The number of nitrogens with one attached hydrogen (secondary N) is 3. The van der Waals surface area contributed by atoms with Gasteiger partial charge in [0.1, 0.15) is 10.9 Å². The Bertz CT molecular complexity index is 1840. The van der Waals surface area contributed by atoms with E-state index >= 15 is 0 Å². The van der Waals surface area contributed by atoms with Crippen LogP contribution >= 0.6 is 23.4 Å². The number of carbonyl (C=O) groups is 3. The number of rotatable bonds is 10. The quantitative estimate of drug-likeness (QED) is 0.106. The molecule has 5 aromatic carbocycles. The van der Waals surface area contributed by atoms with Crippen LogP contribution in [0.4, 0.5) is 11.4 Å². The van der Waals surface area contributed by atoms with Gasteiger partial charge in [0, 0.05) is 26.9 Å². The first-order chi connectivity index (χ1) is 21.9. The third-order valence-corrected chi connectivity index (χ3v) is 8.26. The molecule has 0 aliphatic carbocycles. The Balaban J connectivity index is 1.38. The van der Waals surface area contributed by atoms with Crippen molar-refractivity contribution in [2.75, 3.05) is 10.6 Å². The zero-order valence-electron chi connectivity index (χ0n) is 24.4. The highest BCUT2D eigenvalue weighted by Gasteiger charge is 2.23. The van der Waals surface area contributed by atoms with E-state index in [0.29, 0.717) is 21.8 Å². The molecule has 5 rings (SSSR count). The highest BCUT2D eigenvalue weighted by atomic mass is 35.5. The standard InChI is InChI=1S/C37H30ClN3O3S/c1-25-12-8-9-21-32(25)40-37(44)34(27-14-4-2-5-15-27)45-31-20-11-19-30(24-31)39-36(43)33(23-26-13-10-18-29(38)22-26)41-35(42)28-16-6-3-7-17-28/h2-24,34H,1H3,(H,39,43)(H,40,44)(H,41,42)/b33-23-. The minimum absolute atomic E-state index is 0.0453. The van der Waals surface area contributed by atoms with Gasteiger partial charge in [-0.2, -0.15) is 0 Å². The first kappa shape index (κ1) is 31.3. The second kappa shape index (κ2) is 15.1. The van der Waals surface area contributed by atoms with Gasteiger partial charge in [0.25, 0.3) is 11.8 Å². The van der Waals surface area contributed by atoms with Crippen molar-refractivity contribution in [1.29, 1.82) is 0 Å². The summed E-state index contributed by atoms with van der Waals surface area (Å²) in [6.45, 7) is 1.95. The second-order valence-corrected chi connectivity index (χ2v) is 11.7. The van der Waals surface area contributed by atoms with Crippen molar-refractivity contribution in [3.63, 3.8) is 0 Å². The van der Waals surface area contributed by atoms with Gasteiger partial charge >= 0.3 is 0 Å². The fourth-order valence-corrected chi connectivity index (χ4v) is 5.78. The van der Waals surface area contributed by atoms with Gasteiger partial charge in [0.05, 0.1) is 0 Å². The summed E-state index contributed by atoms with van der Waals surface area (Å²) >= 11 is 7.54. The average molecular weight is 632 g/mol. The van der Waals surface area contributed by atoms with Crippen molar-refractivity contribution in [1.82, 2.24) is 5.32 Å². The van der Waals surface area contributed by atoms with Crippen LogP contribution in [0.15, 0.2) is 144 Å². The third kappa shape index (κ3) is 8.72. The summed E-state index contributed by atoms with van der Waals surface area (Å²) in [5.41, 5.74) is 4.17. The van der Waals surface area contributed by atoms with Crippen LogP contribution in [0.25, 0.3) is 6.08 Å². The lowest BCUT2D eigenvalue weighted by Gasteiger charge is -2.18. The van der Waals surface area contributed by atoms with Crippen LogP contribution in [0.5, 0.6) is 0 Å². The fourth-order valence-electron chi connectivity index (χ4n) is 4.50. The van der Waals surface area contributed by atoms with Gasteiger partial charge in [-0.15, -0.1) is 11.8 Å². The van der Waals surface area contributed by atoms with Crippen molar-refractivity contribution in [2.24, 2.45) is 0 Å². The topological polar surface area (TPSA) is 87.3 Å². The predicted molar refractivity (Wildman–Crippen MR) is 183 cm³/mol. The predicted octanol–water partition coefficient (Wildman–Crippen LogP) is 8.53. The highest BCUT2D eigenvalue weighted by Crippen LogP contribution is 2.37. The number of para-hydroxylation sites is 1. The van der Waals surface area contributed by atoms with E-state index in [0.717, 1.165) is 21.7 Å². The maximum atomic E-state index is 13.6. The van der Waals surface area contributed by atoms with Crippen molar-refractivity contribution in [3.8, 4) is 0 Å². The highest BCUT2D eigenvalue weighted by molar-refractivity contribution is 8.00. The normalized spacial score (nSPS) is 11.7. The zero-order chi connectivity index (χ0) is 31.6. The molecule has 3 amide bonds. The number of carbonyl (C=O) groups excluding carboxylic acids is 3. The Morgan fingerprint density at radius 1 is 0.733 bits per heavy atom. The molecule has 0 saturated heterocycles. The molecule has 8 heteroatoms. The van der Waals surface area contributed by atoms with E-state index in [1.807, 2.05) is 79.7 Å². The van der Waals surface area contributed by atoms with Crippen LogP contribution in [0.1, 0.15) is 32.3 Å². The molecule has 0 bridgehead atoms. The van der Waals surface area contributed by atoms with Crippen LogP contribution in [-0.4, -0.2) is 17.7 Å². The molecule has 3 N–H and O–H groups in total. The van der Waals surface area contributed by atoms with Crippen molar-refractivity contribution in [2.45, 2.75) is 17.1 Å². The van der Waals surface area contributed by atoms with E-state index in [1.165, 1.54) is 11.8 Å². The van der Waals surface area contributed by atoms with Crippen molar-refractivity contribution in [3.05, 3.63) is 166 Å². The molecule has 0 radical (unpaired) electrons. The van der Waals surface area contributed by atoms with E-state index in [4.69, 9.17) is 11.6 Å². The molecule has 0 aliphatic heterocycles. The van der Waals surface area contributed by atoms with Crippen LogP contribution in [-0.2, 0) is 9.59 Å². The summed E-state index contributed by atoms with van der Waals surface area (Å²) in [5, 5.41) is 8.65. The number of thioether (sulfide) groups is 1. The Kier molecular flexibility index (Phi) is 10.5. The zero-order valence-corrected chi connectivity index (χ0v) is 25.9. The first-order valence-corrected chi connectivity index (χ1v) is 15.4. The van der Waals surface area contributed by atoms with Crippen molar-refractivity contribution < 1.29 is 14.4 Å². The lowest BCUT2D eigenvalue weighted by Crippen LogP contribution is -2.30. The number of hydrogen-bond donors (Lipinski definition) is 3. The number of anilines is 2. The molecular formula is C37H30ClN3O3S. The summed E-state index contributed by atoms with van der Waals surface area (Å²) in [6, 6.07) is 40.1. The smallest absolute Gasteiger partial charge is 0.272 e. The third-order valence-electron chi connectivity index (χ3n) is 6.78. The van der Waals surface area contributed by atoms with Crippen LogP contribution < -0.4 is 16.0 Å². The summed E-state index contributed by atoms with van der Waals surface area (Å²) in [6.07, 6.45) is 1.57. The molecule has 0 spiro atoms. The van der Waals surface area contributed by atoms with Gasteiger partial charge in [0.2, 0.25) is 5.91 Å². The van der Waals surface area contributed by atoms with Gasteiger partial charge in [-0.3, -0.25) is 14.4 Å². The van der Waals surface area contributed by atoms with E-state index in [2.05, 4.69) is 16.0 Å². The molecule has 224 valence electrons. The minimum Gasteiger partial charge on any atom is -0.325 e. The Hall–Kier alpha value is -5.11. The fraction of sp³-hybridized carbons (Fsp3) is 0.0541. The minimum atomic E-state index is -0.555. The molecule has 0 saturated carbocycles. The Morgan fingerprint density at radius 3 is 2.16 bits per heavy atom. The number of halogens is 1. The van der Waals surface area contributed by atoms with Gasteiger partial charge in [0.15, 0.2) is 0 Å². The summed E-state index contributed by atoms with van der Waals surface area (Å²) < 4.78 is 0. The Morgan fingerprint density at radius 2 is 1.42 bits per heavy atom. The SMILES string of the molecule is Cc1ccccc1NC(=O)C(Sc1cccc(NC(=O)/C(=C/c2cccc(Cl)c2)NC(=O)c2ccccc2)c1)c1ccccc1. The molecule has 0 heterocycles. The monoisotopic (exact) mass is 631 g/mol. The van der Waals surface area contributed by atoms with Crippen LogP contribution in [0, 0.1) is 6.92 Å².